The average Bonchev–Trinajstić information content (AvgIpc) is 2.91. The highest BCUT2D eigenvalue weighted by atomic mass is 16.5. The number of carbonyl (C=O) groups excluding carboxylic acids is 3. The molecular formula is C30H38N2O5. The van der Waals surface area contributed by atoms with Crippen LogP contribution >= 0.6 is 0 Å². The largest absolute Gasteiger partial charge is 0.463 e. The number of benzene rings is 2. The molecule has 0 heterocycles. The van der Waals surface area contributed by atoms with Crippen LogP contribution in [0.5, 0.6) is 0 Å². The summed E-state index contributed by atoms with van der Waals surface area (Å²) in [5, 5.41) is 14.8. The molecule has 0 saturated heterocycles. The lowest BCUT2D eigenvalue weighted by Crippen LogP contribution is -2.41. The van der Waals surface area contributed by atoms with Gasteiger partial charge in [0, 0.05) is 12.5 Å². The number of carbonyl (C=O) groups is 3. The summed E-state index contributed by atoms with van der Waals surface area (Å²) < 4.78 is 5.71. The summed E-state index contributed by atoms with van der Waals surface area (Å²) in [5.74, 6) is -2.09. The van der Waals surface area contributed by atoms with Gasteiger partial charge in [-0.2, -0.15) is 0 Å². The van der Waals surface area contributed by atoms with Gasteiger partial charge in [0.15, 0.2) is 0 Å². The second kappa shape index (κ2) is 16.1. The molecule has 198 valence electrons. The van der Waals surface area contributed by atoms with Crippen molar-refractivity contribution in [3.05, 3.63) is 97.1 Å². The van der Waals surface area contributed by atoms with E-state index in [9.17, 15) is 19.5 Å². The zero-order valence-electron chi connectivity index (χ0n) is 21.5. The number of nitrogens with one attached hydrogen (secondary N) is 2. The van der Waals surface area contributed by atoms with Crippen LogP contribution in [0, 0.1) is 11.8 Å². The van der Waals surface area contributed by atoms with Gasteiger partial charge in [0.25, 0.3) is 0 Å². The van der Waals surface area contributed by atoms with Crippen LogP contribution in [0.15, 0.2) is 86.0 Å². The van der Waals surface area contributed by atoms with Crippen molar-refractivity contribution in [2.24, 2.45) is 11.8 Å². The molecule has 2 amide bonds. The van der Waals surface area contributed by atoms with Crippen LogP contribution in [0.4, 0.5) is 0 Å². The maximum absolute atomic E-state index is 13.2. The summed E-state index contributed by atoms with van der Waals surface area (Å²) in [4.78, 5) is 38.5. The fourth-order valence-corrected chi connectivity index (χ4v) is 3.93. The van der Waals surface area contributed by atoms with Crippen molar-refractivity contribution in [3.63, 3.8) is 0 Å². The lowest BCUT2D eigenvalue weighted by molar-refractivity contribution is -0.150. The van der Waals surface area contributed by atoms with Gasteiger partial charge in [-0.1, -0.05) is 72.8 Å². The van der Waals surface area contributed by atoms with E-state index in [0.29, 0.717) is 19.3 Å². The fraction of sp³-hybridized carbons (Fsp3) is 0.367. The van der Waals surface area contributed by atoms with Gasteiger partial charge in [-0.25, -0.2) is 0 Å². The Balaban J connectivity index is 2.11. The molecule has 37 heavy (non-hydrogen) atoms. The van der Waals surface area contributed by atoms with Crippen LogP contribution in [-0.4, -0.2) is 42.1 Å². The Bertz CT molecular complexity index is 1010. The minimum atomic E-state index is -0.656. The Morgan fingerprint density at radius 1 is 0.919 bits per heavy atom. The third-order valence-electron chi connectivity index (χ3n) is 5.96. The van der Waals surface area contributed by atoms with Gasteiger partial charge in [0.2, 0.25) is 11.8 Å². The Labute approximate surface area is 219 Å². The van der Waals surface area contributed by atoms with E-state index < -0.39 is 23.9 Å². The molecule has 7 heteroatoms. The first kappa shape index (κ1) is 29.5. The van der Waals surface area contributed by atoms with Crippen molar-refractivity contribution >= 4 is 17.8 Å². The Morgan fingerprint density at radius 2 is 1.51 bits per heavy atom. The third-order valence-corrected chi connectivity index (χ3v) is 5.96. The lowest BCUT2D eigenvalue weighted by atomic mass is 9.96. The zero-order valence-corrected chi connectivity index (χ0v) is 21.5. The smallest absolute Gasteiger partial charge is 0.309 e. The van der Waals surface area contributed by atoms with E-state index in [4.69, 9.17) is 4.74 Å². The highest BCUT2D eigenvalue weighted by molar-refractivity contribution is 5.86. The molecule has 0 aliphatic heterocycles. The topological polar surface area (TPSA) is 105 Å². The molecule has 4 atom stereocenters. The molecule has 2 aromatic carbocycles. The number of hydrogen-bond acceptors (Lipinski definition) is 5. The van der Waals surface area contributed by atoms with Crippen molar-refractivity contribution in [1.82, 2.24) is 10.6 Å². The Kier molecular flexibility index (Phi) is 12.9. The predicted octanol–water partition coefficient (Wildman–Crippen LogP) is 3.90. The number of allylic oxidation sites excluding steroid dienone is 2. The van der Waals surface area contributed by atoms with Gasteiger partial charge in [-0.3, -0.25) is 14.4 Å². The summed E-state index contributed by atoms with van der Waals surface area (Å²) in [6.07, 6.45) is 4.53. The molecule has 0 bridgehead atoms. The van der Waals surface area contributed by atoms with Crippen molar-refractivity contribution in [3.8, 4) is 0 Å². The molecule has 7 nitrogen and oxygen atoms in total. The number of hydrogen-bond donors (Lipinski definition) is 3. The van der Waals surface area contributed by atoms with Gasteiger partial charge in [-0.15, -0.1) is 13.2 Å². The summed E-state index contributed by atoms with van der Waals surface area (Å²) in [6, 6.07) is 18.0. The molecule has 0 aliphatic rings. The van der Waals surface area contributed by atoms with Crippen LogP contribution < -0.4 is 10.6 Å². The van der Waals surface area contributed by atoms with Crippen LogP contribution in [-0.2, 0) is 25.5 Å². The monoisotopic (exact) mass is 506 g/mol. The molecule has 3 N–H and O–H groups in total. The maximum Gasteiger partial charge on any atom is 0.309 e. The highest BCUT2D eigenvalue weighted by Gasteiger charge is 2.26. The lowest BCUT2D eigenvalue weighted by Gasteiger charge is -2.24. The molecule has 0 saturated carbocycles. The summed E-state index contributed by atoms with van der Waals surface area (Å²) in [6.45, 7) is 8.91. The van der Waals surface area contributed by atoms with Crippen LogP contribution in [0.3, 0.4) is 0 Å². The zero-order chi connectivity index (χ0) is 27.0. The van der Waals surface area contributed by atoms with Crippen LogP contribution in [0.1, 0.15) is 43.4 Å². The number of ether oxygens (including phenoxy) is 1. The van der Waals surface area contributed by atoms with E-state index >= 15 is 0 Å². The Hall–Kier alpha value is -3.71. The molecule has 2 aromatic rings. The van der Waals surface area contributed by atoms with Crippen LogP contribution in [0.2, 0.25) is 0 Å². The number of amides is 2. The van der Waals surface area contributed by atoms with Crippen LogP contribution in [0.25, 0.3) is 0 Å². The second-order valence-corrected chi connectivity index (χ2v) is 9.09. The molecule has 0 unspecified atom stereocenters. The molecular weight excluding hydrogens is 468 g/mol. The van der Waals surface area contributed by atoms with Crippen molar-refractivity contribution in [1.29, 1.82) is 0 Å². The van der Waals surface area contributed by atoms with Gasteiger partial charge in [0.1, 0.15) is 6.61 Å². The van der Waals surface area contributed by atoms with Gasteiger partial charge >= 0.3 is 5.97 Å². The van der Waals surface area contributed by atoms with E-state index in [0.717, 1.165) is 11.1 Å². The normalized spacial score (nSPS) is 13.9. The minimum absolute atomic E-state index is 0.0500. The average molecular weight is 507 g/mol. The van der Waals surface area contributed by atoms with Crippen molar-refractivity contribution in [2.75, 3.05) is 13.2 Å². The Morgan fingerprint density at radius 3 is 2.11 bits per heavy atom. The first-order valence-corrected chi connectivity index (χ1v) is 12.6. The second-order valence-electron chi connectivity index (χ2n) is 9.09. The predicted molar refractivity (Wildman–Crippen MR) is 144 cm³/mol. The number of rotatable bonds is 16. The maximum atomic E-state index is 13.2. The van der Waals surface area contributed by atoms with E-state index in [1.165, 1.54) is 0 Å². The fourth-order valence-electron chi connectivity index (χ4n) is 3.93. The van der Waals surface area contributed by atoms with Crippen molar-refractivity contribution < 1.29 is 24.2 Å². The molecule has 0 aliphatic carbocycles. The van der Waals surface area contributed by atoms with E-state index in [-0.39, 0.29) is 37.4 Å². The molecule has 0 aromatic heterocycles. The van der Waals surface area contributed by atoms with Gasteiger partial charge in [-0.05, 0) is 37.3 Å². The molecule has 0 radical (unpaired) electrons. The molecule has 0 fully saturated rings. The highest BCUT2D eigenvalue weighted by Crippen LogP contribution is 2.20. The van der Waals surface area contributed by atoms with Gasteiger partial charge < -0.3 is 20.5 Å². The number of esters is 1. The minimum Gasteiger partial charge on any atom is -0.463 e. The van der Waals surface area contributed by atoms with E-state index in [2.05, 4.69) is 23.8 Å². The van der Waals surface area contributed by atoms with E-state index in [1.807, 2.05) is 60.7 Å². The summed E-state index contributed by atoms with van der Waals surface area (Å²) in [7, 11) is 0. The molecule has 2 rings (SSSR count). The molecule has 0 spiro atoms. The standard InChI is InChI=1S/C30H38N2O5/c1-4-12-25(19-28(34)31-22(3)20-33)29(35)32-27(24-16-10-7-11-17-24)21-37-30(36)26(13-5-2)18-23-14-8-6-9-15-23/h4-11,14-17,22,25-27,33H,1-2,12-13,18-21H2,3H3,(H,31,34)(H,32,35)/t22-,25+,26-,27-/m1/s1. The van der Waals surface area contributed by atoms with E-state index in [1.54, 1.807) is 19.1 Å². The third kappa shape index (κ3) is 10.4. The summed E-state index contributed by atoms with van der Waals surface area (Å²) >= 11 is 0. The van der Waals surface area contributed by atoms with Gasteiger partial charge in [0.05, 0.1) is 24.5 Å². The number of aliphatic hydroxyl groups is 1. The van der Waals surface area contributed by atoms with Crippen molar-refractivity contribution in [2.45, 2.75) is 44.7 Å². The SMILES string of the molecule is C=CC[C@@H](CC(=O)N[C@H](C)CO)C(=O)N[C@H](COC(=O)[C@H](CC=C)Cc1ccccc1)c1ccccc1. The first-order valence-electron chi connectivity index (χ1n) is 12.6. The number of aliphatic hydroxyl groups excluding tert-OH is 1. The quantitative estimate of drug-likeness (QED) is 0.237. The first-order chi connectivity index (χ1) is 17.9. The summed E-state index contributed by atoms with van der Waals surface area (Å²) in [5.41, 5.74) is 1.81.